The number of amides is 1. The maximum absolute atomic E-state index is 13.4. The smallest absolute Gasteiger partial charge is 0.254 e. The molecule has 1 aliphatic rings. The van der Waals surface area contributed by atoms with Gasteiger partial charge in [-0.1, -0.05) is 29.8 Å². The number of carbonyl (C=O) groups is 1. The van der Waals surface area contributed by atoms with Crippen molar-refractivity contribution in [2.24, 2.45) is 0 Å². The molecule has 2 aromatic carbocycles. The third-order valence-corrected chi connectivity index (χ3v) is 6.20. The van der Waals surface area contributed by atoms with Gasteiger partial charge in [0.15, 0.2) is 5.82 Å². The minimum atomic E-state index is -0.0724. The first-order valence-corrected chi connectivity index (χ1v) is 11.7. The van der Waals surface area contributed by atoms with Crippen molar-refractivity contribution in [1.82, 2.24) is 19.9 Å². The standard InChI is InChI=1S/C27H24ClN5O/c28-22-6-1-5-21(16-22)26-30-14-12-24(32-26)25-7-3-15-33(25)27(34)20-8-10-23(11-9-20)31-18-19-4-2-13-29-17-19/h1-2,4-6,8-14,16-17,25,31H,3,7,15,18H2/t25-/m1/s1. The Hall–Kier alpha value is -3.77. The maximum Gasteiger partial charge on any atom is 0.254 e. The first-order valence-electron chi connectivity index (χ1n) is 11.3. The van der Waals surface area contributed by atoms with Crippen LogP contribution >= 0.6 is 11.6 Å². The van der Waals surface area contributed by atoms with Gasteiger partial charge in [-0.2, -0.15) is 0 Å². The minimum absolute atomic E-state index is 0.0178. The van der Waals surface area contributed by atoms with E-state index in [1.54, 1.807) is 12.4 Å². The molecule has 1 fully saturated rings. The van der Waals surface area contributed by atoms with Gasteiger partial charge in [-0.25, -0.2) is 9.97 Å². The molecule has 0 unspecified atom stereocenters. The van der Waals surface area contributed by atoms with Crippen molar-refractivity contribution in [3.63, 3.8) is 0 Å². The zero-order chi connectivity index (χ0) is 23.3. The fraction of sp³-hybridized carbons (Fsp3) is 0.185. The summed E-state index contributed by atoms with van der Waals surface area (Å²) < 4.78 is 0. The lowest BCUT2D eigenvalue weighted by Crippen LogP contribution is -2.31. The maximum atomic E-state index is 13.4. The van der Waals surface area contributed by atoms with Gasteiger partial charge in [0.05, 0.1) is 11.7 Å². The molecule has 170 valence electrons. The Morgan fingerprint density at radius 1 is 1.06 bits per heavy atom. The molecule has 7 heteroatoms. The lowest BCUT2D eigenvalue weighted by molar-refractivity contribution is 0.0733. The van der Waals surface area contributed by atoms with E-state index in [9.17, 15) is 4.79 Å². The zero-order valence-electron chi connectivity index (χ0n) is 18.6. The van der Waals surface area contributed by atoms with Gasteiger partial charge < -0.3 is 10.2 Å². The number of likely N-dealkylation sites (tertiary alicyclic amines) is 1. The van der Waals surface area contributed by atoms with Crippen LogP contribution in [-0.4, -0.2) is 32.3 Å². The summed E-state index contributed by atoms with van der Waals surface area (Å²) in [5.41, 5.74) is 4.44. The van der Waals surface area contributed by atoms with Gasteiger partial charge in [-0.05, 0) is 66.9 Å². The lowest BCUT2D eigenvalue weighted by Gasteiger charge is -2.24. The highest BCUT2D eigenvalue weighted by Crippen LogP contribution is 2.33. The van der Waals surface area contributed by atoms with Gasteiger partial charge in [-0.15, -0.1) is 0 Å². The zero-order valence-corrected chi connectivity index (χ0v) is 19.3. The van der Waals surface area contributed by atoms with E-state index in [0.717, 1.165) is 35.3 Å². The van der Waals surface area contributed by atoms with Gasteiger partial charge in [0.2, 0.25) is 0 Å². The molecule has 1 saturated heterocycles. The van der Waals surface area contributed by atoms with Crippen LogP contribution in [-0.2, 0) is 6.54 Å². The van der Waals surface area contributed by atoms with Crippen molar-refractivity contribution in [2.75, 3.05) is 11.9 Å². The summed E-state index contributed by atoms with van der Waals surface area (Å²) in [5, 5.41) is 4.01. The van der Waals surface area contributed by atoms with E-state index in [4.69, 9.17) is 16.6 Å². The summed E-state index contributed by atoms with van der Waals surface area (Å²) in [6, 6.07) is 20.9. The molecule has 1 aliphatic heterocycles. The molecule has 0 bridgehead atoms. The predicted molar refractivity (Wildman–Crippen MR) is 133 cm³/mol. The summed E-state index contributed by atoms with van der Waals surface area (Å²) in [4.78, 5) is 28.6. The van der Waals surface area contributed by atoms with Crippen LogP contribution in [0.15, 0.2) is 85.3 Å². The van der Waals surface area contributed by atoms with Gasteiger partial charge in [0.1, 0.15) is 0 Å². The number of rotatable bonds is 6. The summed E-state index contributed by atoms with van der Waals surface area (Å²) in [7, 11) is 0. The molecule has 4 aromatic rings. The highest BCUT2D eigenvalue weighted by molar-refractivity contribution is 6.30. The topological polar surface area (TPSA) is 71.0 Å². The highest BCUT2D eigenvalue weighted by Gasteiger charge is 2.31. The first-order chi connectivity index (χ1) is 16.7. The van der Waals surface area contributed by atoms with E-state index in [1.807, 2.05) is 77.8 Å². The van der Waals surface area contributed by atoms with Gasteiger partial charge in [0, 0.05) is 53.5 Å². The summed E-state index contributed by atoms with van der Waals surface area (Å²) in [5.74, 6) is 0.632. The second-order valence-electron chi connectivity index (χ2n) is 8.26. The Bertz CT molecular complexity index is 1280. The quantitative estimate of drug-likeness (QED) is 0.387. The number of hydrogen-bond acceptors (Lipinski definition) is 5. The molecule has 0 spiro atoms. The predicted octanol–water partition coefficient (Wildman–Crippen LogP) is 5.78. The highest BCUT2D eigenvalue weighted by atomic mass is 35.5. The molecule has 1 N–H and O–H groups in total. The SMILES string of the molecule is O=C(c1ccc(NCc2cccnc2)cc1)N1CCC[C@@H]1c1ccnc(-c2cccc(Cl)c2)n1. The van der Waals surface area contributed by atoms with E-state index >= 15 is 0 Å². The number of carbonyl (C=O) groups excluding carboxylic acids is 1. The van der Waals surface area contributed by atoms with Crippen LogP contribution in [0.3, 0.4) is 0 Å². The number of hydrogen-bond donors (Lipinski definition) is 1. The molecule has 6 nitrogen and oxygen atoms in total. The third kappa shape index (κ3) is 4.92. The molecule has 0 aliphatic carbocycles. The van der Waals surface area contributed by atoms with Crippen LogP contribution in [0.25, 0.3) is 11.4 Å². The van der Waals surface area contributed by atoms with E-state index in [-0.39, 0.29) is 11.9 Å². The number of halogens is 1. The van der Waals surface area contributed by atoms with E-state index in [0.29, 0.717) is 29.5 Å². The molecular weight excluding hydrogens is 446 g/mol. The molecule has 0 saturated carbocycles. The second-order valence-corrected chi connectivity index (χ2v) is 8.70. The van der Waals surface area contributed by atoms with Crippen molar-refractivity contribution in [2.45, 2.75) is 25.4 Å². The minimum Gasteiger partial charge on any atom is -0.381 e. The second kappa shape index (κ2) is 10.0. The number of nitrogens with zero attached hydrogens (tertiary/aromatic N) is 4. The van der Waals surface area contributed by atoms with Crippen molar-refractivity contribution < 1.29 is 4.79 Å². The lowest BCUT2D eigenvalue weighted by atomic mass is 10.1. The molecule has 5 rings (SSSR count). The molecule has 2 aromatic heterocycles. The van der Waals surface area contributed by atoms with Crippen molar-refractivity contribution in [3.8, 4) is 11.4 Å². The van der Waals surface area contributed by atoms with Crippen LogP contribution in [0.1, 0.15) is 40.5 Å². The summed E-state index contributed by atoms with van der Waals surface area (Å²) in [6.45, 7) is 1.39. The molecular formula is C27H24ClN5O. The van der Waals surface area contributed by atoms with Crippen LogP contribution in [0.5, 0.6) is 0 Å². The molecule has 3 heterocycles. The Kier molecular flexibility index (Phi) is 6.49. The van der Waals surface area contributed by atoms with Crippen LogP contribution in [0, 0.1) is 0 Å². The largest absolute Gasteiger partial charge is 0.381 e. The summed E-state index contributed by atoms with van der Waals surface area (Å²) in [6.07, 6.45) is 7.17. The van der Waals surface area contributed by atoms with Gasteiger partial charge in [0.25, 0.3) is 5.91 Å². The van der Waals surface area contributed by atoms with Crippen LogP contribution < -0.4 is 5.32 Å². The third-order valence-electron chi connectivity index (χ3n) is 5.97. The Morgan fingerprint density at radius 3 is 2.74 bits per heavy atom. The van der Waals surface area contributed by atoms with Gasteiger partial charge in [-0.3, -0.25) is 9.78 Å². The number of benzene rings is 2. The Labute approximate surface area is 203 Å². The van der Waals surface area contributed by atoms with Crippen molar-refractivity contribution in [3.05, 3.63) is 107 Å². The van der Waals surface area contributed by atoms with Crippen molar-refractivity contribution in [1.29, 1.82) is 0 Å². The monoisotopic (exact) mass is 469 g/mol. The molecule has 0 radical (unpaired) electrons. The van der Waals surface area contributed by atoms with E-state index in [1.165, 1.54) is 0 Å². The Morgan fingerprint density at radius 2 is 1.94 bits per heavy atom. The first kappa shape index (κ1) is 22.0. The molecule has 1 amide bonds. The Balaban J connectivity index is 1.30. The number of pyridine rings is 1. The fourth-order valence-electron chi connectivity index (χ4n) is 4.25. The van der Waals surface area contributed by atoms with Crippen molar-refractivity contribution >= 4 is 23.2 Å². The number of anilines is 1. The van der Waals surface area contributed by atoms with Crippen LogP contribution in [0.4, 0.5) is 5.69 Å². The number of nitrogens with one attached hydrogen (secondary N) is 1. The van der Waals surface area contributed by atoms with E-state index < -0.39 is 0 Å². The molecule has 1 atom stereocenters. The van der Waals surface area contributed by atoms with E-state index in [2.05, 4.69) is 15.3 Å². The summed E-state index contributed by atoms with van der Waals surface area (Å²) >= 11 is 6.14. The average molecular weight is 470 g/mol. The van der Waals surface area contributed by atoms with Gasteiger partial charge >= 0.3 is 0 Å². The fourth-order valence-corrected chi connectivity index (χ4v) is 4.44. The number of aromatic nitrogens is 3. The normalized spacial score (nSPS) is 15.3. The average Bonchev–Trinajstić information content (AvgIpc) is 3.38. The van der Waals surface area contributed by atoms with Crippen LogP contribution in [0.2, 0.25) is 5.02 Å². The molecule has 34 heavy (non-hydrogen) atoms.